The van der Waals surface area contributed by atoms with Crippen molar-refractivity contribution in [3.63, 3.8) is 0 Å². The predicted molar refractivity (Wildman–Crippen MR) is 53.6 cm³/mol. The first kappa shape index (κ1) is 9.51. The van der Waals surface area contributed by atoms with Gasteiger partial charge in [0.25, 0.3) is 0 Å². The van der Waals surface area contributed by atoms with Gasteiger partial charge >= 0.3 is 0 Å². The average Bonchev–Trinajstić information content (AvgIpc) is 2.52. The normalized spacial score (nSPS) is 22.3. The Morgan fingerprint density at radius 3 is 2.57 bits per heavy atom. The fourth-order valence-electron chi connectivity index (χ4n) is 1.81. The van der Waals surface area contributed by atoms with E-state index in [0.29, 0.717) is 18.5 Å². The van der Waals surface area contributed by atoms with Gasteiger partial charge < -0.3 is 5.73 Å². The van der Waals surface area contributed by atoms with Crippen molar-refractivity contribution in [3.05, 3.63) is 11.9 Å². The van der Waals surface area contributed by atoms with E-state index in [0.717, 1.165) is 5.69 Å². The maximum atomic E-state index is 11.2. The van der Waals surface area contributed by atoms with E-state index in [2.05, 4.69) is 10.2 Å². The highest BCUT2D eigenvalue weighted by Gasteiger charge is 2.26. The van der Waals surface area contributed by atoms with E-state index < -0.39 is 9.84 Å². The summed E-state index contributed by atoms with van der Waals surface area (Å²) in [5, 5.41) is 6.67. The van der Waals surface area contributed by atoms with E-state index in [1.165, 1.54) is 0 Å². The lowest BCUT2D eigenvalue weighted by molar-refractivity contribution is 0.544. The number of nitrogens with two attached hydrogens (primary N) is 1. The highest BCUT2D eigenvalue weighted by molar-refractivity contribution is 7.91. The standard InChI is InChI=1S/C8H13N3O2S/c9-7-5-10-11-8(7)6-1-3-14(12,13)4-2-6/h5-6H,1-4,9H2,(H,10,11). The molecule has 3 N–H and O–H groups in total. The molecule has 0 aliphatic carbocycles. The van der Waals surface area contributed by atoms with Crippen LogP contribution in [-0.4, -0.2) is 30.1 Å². The van der Waals surface area contributed by atoms with Gasteiger partial charge in [-0.25, -0.2) is 8.42 Å². The van der Waals surface area contributed by atoms with Crippen LogP contribution in [0.4, 0.5) is 5.69 Å². The zero-order valence-corrected chi connectivity index (χ0v) is 8.55. The van der Waals surface area contributed by atoms with Gasteiger partial charge in [0.05, 0.1) is 29.1 Å². The molecule has 0 saturated carbocycles. The summed E-state index contributed by atoms with van der Waals surface area (Å²) >= 11 is 0. The van der Waals surface area contributed by atoms with Crippen molar-refractivity contribution in [3.8, 4) is 0 Å². The van der Waals surface area contributed by atoms with E-state index in [4.69, 9.17) is 5.73 Å². The molecule has 0 amide bonds. The van der Waals surface area contributed by atoms with E-state index in [9.17, 15) is 8.42 Å². The number of aromatic amines is 1. The lowest BCUT2D eigenvalue weighted by Crippen LogP contribution is -2.22. The number of nitrogens with zero attached hydrogens (tertiary/aromatic N) is 1. The Labute approximate surface area is 82.6 Å². The third-order valence-electron chi connectivity index (χ3n) is 2.66. The number of sulfone groups is 1. The molecule has 14 heavy (non-hydrogen) atoms. The molecule has 78 valence electrons. The zero-order chi connectivity index (χ0) is 10.2. The van der Waals surface area contributed by atoms with E-state index in [-0.39, 0.29) is 17.4 Å². The van der Waals surface area contributed by atoms with Crippen molar-refractivity contribution >= 4 is 15.5 Å². The maximum absolute atomic E-state index is 11.2. The monoisotopic (exact) mass is 215 g/mol. The second kappa shape index (κ2) is 3.27. The van der Waals surface area contributed by atoms with Gasteiger partial charge in [-0.05, 0) is 12.8 Å². The molecule has 0 spiro atoms. The molecule has 1 saturated heterocycles. The van der Waals surface area contributed by atoms with Crippen molar-refractivity contribution in [2.45, 2.75) is 18.8 Å². The Morgan fingerprint density at radius 2 is 2.07 bits per heavy atom. The average molecular weight is 215 g/mol. The first-order chi connectivity index (χ1) is 6.58. The molecule has 2 heterocycles. The van der Waals surface area contributed by atoms with Crippen molar-refractivity contribution in [2.75, 3.05) is 17.2 Å². The topological polar surface area (TPSA) is 88.8 Å². The largest absolute Gasteiger partial charge is 0.396 e. The molecule has 1 aliphatic heterocycles. The lowest BCUT2D eigenvalue weighted by Gasteiger charge is -2.20. The third kappa shape index (κ3) is 1.75. The van der Waals surface area contributed by atoms with Crippen molar-refractivity contribution in [2.24, 2.45) is 0 Å². The van der Waals surface area contributed by atoms with Gasteiger partial charge in [-0.15, -0.1) is 0 Å². The minimum atomic E-state index is -2.79. The Kier molecular flexibility index (Phi) is 2.22. The summed E-state index contributed by atoms with van der Waals surface area (Å²) in [6.45, 7) is 0. The molecule has 0 unspecified atom stereocenters. The van der Waals surface area contributed by atoms with Crippen molar-refractivity contribution < 1.29 is 8.42 Å². The molecular formula is C8H13N3O2S. The zero-order valence-electron chi connectivity index (χ0n) is 7.73. The number of aromatic nitrogens is 2. The fourth-order valence-corrected chi connectivity index (χ4v) is 3.30. The molecule has 0 bridgehead atoms. The Morgan fingerprint density at radius 1 is 1.43 bits per heavy atom. The lowest BCUT2D eigenvalue weighted by atomic mass is 9.98. The number of hydrogen-bond acceptors (Lipinski definition) is 4. The van der Waals surface area contributed by atoms with Crippen molar-refractivity contribution in [1.82, 2.24) is 10.2 Å². The molecule has 1 fully saturated rings. The minimum absolute atomic E-state index is 0.223. The van der Waals surface area contributed by atoms with Crippen LogP contribution in [-0.2, 0) is 9.84 Å². The highest BCUT2D eigenvalue weighted by Crippen LogP contribution is 2.30. The number of nitrogen functional groups attached to an aromatic ring is 1. The van der Waals surface area contributed by atoms with Crippen LogP contribution in [0.3, 0.4) is 0 Å². The van der Waals surface area contributed by atoms with Gasteiger partial charge in [0, 0.05) is 5.92 Å². The number of nitrogens with one attached hydrogen (secondary N) is 1. The van der Waals surface area contributed by atoms with Gasteiger partial charge in [0.1, 0.15) is 9.84 Å². The molecule has 0 radical (unpaired) electrons. The van der Waals surface area contributed by atoms with Crippen LogP contribution in [0.2, 0.25) is 0 Å². The highest BCUT2D eigenvalue weighted by atomic mass is 32.2. The van der Waals surface area contributed by atoms with E-state index in [1.54, 1.807) is 6.20 Å². The third-order valence-corrected chi connectivity index (χ3v) is 4.38. The molecule has 1 aliphatic rings. The SMILES string of the molecule is Nc1cn[nH]c1C1CCS(=O)(=O)CC1. The summed E-state index contributed by atoms with van der Waals surface area (Å²) in [5.41, 5.74) is 7.22. The molecule has 1 aromatic heterocycles. The summed E-state index contributed by atoms with van der Waals surface area (Å²) in [7, 11) is -2.79. The summed E-state index contributed by atoms with van der Waals surface area (Å²) in [6.07, 6.45) is 2.86. The van der Waals surface area contributed by atoms with Crippen LogP contribution in [0.1, 0.15) is 24.5 Å². The number of anilines is 1. The Hall–Kier alpha value is -1.04. The van der Waals surface area contributed by atoms with Gasteiger partial charge in [-0.1, -0.05) is 0 Å². The fraction of sp³-hybridized carbons (Fsp3) is 0.625. The van der Waals surface area contributed by atoms with Crippen LogP contribution in [0, 0.1) is 0 Å². The Bertz CT molecular complexity index is 410. The number of H-pyrrole nitrogens is 1. The number of rotatable bonds is 1. The quantitative estimate of drug-likeness (QED) is 0.704. The molecule has 2 rings (SSSR count). The van der Waals surface area contributed by atoms with Crippen LogP contribution in [0.5, 0.6) is 0 Å². The molecular weight excluding hydrogens is 202 g/mol. The molecule has 0 atom stereocenters. The number of hydrogen-bond donors (Lipinski definition) is 2. The van der Waals surface area contributed by atoms with Crippen LogP contribution < -0.4 is 5.73 Å². The molecule has 1 aromatic rings. The van der Waals surface area contributed by atoms with Crippen LogP contribution in [0.25, 0.3) is 0 Å². The van der Waals surface area contributed by atoms with E-state index in [1.807, 2.05) is 0 Å². The molecule has 6 heteroatoms. The van der Waals surface area contributed by atoms with Gasteiger partial charge in [0.15, 0.2) is 0 Å². The second-order valence-corrected chi connectivity index (χ2v) is 5.97. The summed E-state index contributed by atoms with van der Waals surface area (Å²) in [5.74, 6) is 0.743. The first-order valence-electron chi connectivity index (χ1n) is 4.58. The van der Waals surface area contributed by atoms with Crippen molar-refractivity contribution in [1.29, 1.82) is 0 Å². The maximum Gasteiger partial charge on any atom is 0.150 e. The Balaban J connectivity index is 2.13. The van der Waals surface area contributed by atoms with Gasteiger partial charge in [-0.3, -0.25) is 5.10 Å². The smallest absolute Gasteiger partial charge is 0.150 e. The first-order valence-corrected chi connectivity index (χ1v) is 6.40. The van der Waals surface area contributed by atoms with Crippen LogP contribution >= 0.6 is 0 Å². The van der Waals surface area contributed by atoms with Gasteiger partial charge in [0.2, 0.25) is 0 Å². The summed E-state index contributed by atoms with van der Waals surface area (Å²) in [6, 6.07) is 0. The summed E-state index contributed by atoms with van der Waals surface area (Å²) in [4.78, 5) is 0. The summed E-state index contributed by atoms with van der Waals surface area (Å²) < 4.78 is 22.4. The van der Waals surface area contributed by atoms with Gasteiger partial charge in [-0.2, -0.15) is 5.10 Å². The minimum Gasteiger partial charge on any atom is -0.396 e. The predicted octanol–water partition coefficient (Wildman–Crippen LogP) is 0.284. The molecule has 5 nitrogen and oxygen atoms in total. The second-order valence-electron chi connectivity index (χ2n) is 3.67. The van der Waals surface area contributed by atoms with E-state index >= 15 is 0 Å². The molecule has 0 aromatic carbocycles. The van der Waals surface area contributed by atoms with Crippen LogP contribution in [0.15, 0.2) is 6.20 Å².